The number of piperidine rings is 1. The number of hydrogen-bond acceptors (Lipinski definition) is 3. The van der Waals surface area contributed by atoms with E-state index in [4.69, 9.17) is 0 Å². The number of rotatable bonds is 4. The molecule has 0 amide bonds. The van der Waals surface area contributed by atoms with Gasteiger partial charge in [0.1, 0.15) is 6.04 Å². The molecule has 0 bridgehead atoms. The average Bonchev–Trinajstić information content (AvgIpc) is 2.41. The Morgan fingerprint density at radius 3 is 2.55 bits per heavy atom. The third kappa shape index (κ3) is 3.58. The topological polar surface area (TPSA) is 43.8 Å². The van der Waals surface area contributed by atoms with Crippen LogP contribution < -0.4 is 0 Å². The molecule has 0 spiro atoms. The van der Waals surface area contributed by atoms with Crippen molar-refractivity contribution in [1.82, 2.24) is 9.80 Å². The van der Waals surface area contributed by atoms with Gasteiger partial charge in [-0.2, -0.15) is 0 Å². The average molecular weight is 276 g/mol. The Kier molecular flexibility index (Phi) is 4.78. The monoisotopic (exact) mass is 276 g/mol. The molecule has 0 aliphatic carbocycles. The number of aryl methyl sites for hydroxylation is 1. The molecule has 0 radical (unpaired) electrons. The summed E-state index contributed by atoms with van der Waals surface area (Å²) in [6.07, 6.45) is 1.73. The van der Waals surface area contributed by atoms with E-state index >= 15 is 0 Å². The number of nitrogens with zero attached hydrogens (tertiary/aromatic N) is 2. The van der Waals surface area contributed by atoms with Crippen molar-refractivity contribution in [3.05, 3.63) is 35.4 Å². The third-order valence-electron chi connectivity index (χ3n) is 4.21. The van der Waals surface area contributed by atoms with Gasteiger partial charge < -0.3 is 10.0 Å². The van der Waals surface area contributed by atoms with Crippen LogP contribution in [0.25, 0.3) is 0 Å². The van der Waals surface area contributed by atoms with Gasteiger partial charge in [0.15, 0.2) is 0 Å². The van der Waals surface area contributed by atoms with Crippen LogP contribution in [0.3, 0.4) is 0 Å². The molecule has 0 aromatic heterocycles. The van der Waals surface area contributed by atoms with Crippen molar-refractivity contribution in [2.45, 2.75) is 38.4 Å². The lowest BCUT2D eigenvalue weighted by molar-refractivity contribution is -0.145. The van der Waals surface area contributed by atoms with Gasteiger partial charge in [-0.25, -0.2) is 0 Å². The molecule has 1 aliphatic rings. The SMILES string of the molecule is Cc1ccc(CN2CC[C@H](N(C)C)C[C@@H]2C(=O)O)cc1. The predicted molar refractivity (Wildman–Crippen MR) is 79.7 cm³/mol. The number of carboxylic acid groups (broad SMARTS) is 1. The zero-order chi connectivity index (χ0) is 14.7. The van der Waals surface area contributed by atoms with Crippen molar-refractivity contribution < 1.29 is 9.90 Å². The van der Waals surface area contributed by atoms with Gasteiger partial charge in [-0.05, 0) is 39.4 Å². The maximum Gasteiger partial charge on any atom is 0.320 e. The summed E-state index contributed by atoms with van der Waals surface area (Å²) in [6, 6.07) is 8.33. The smallest absolute Gasteiger partial charge is 0.320 e. The van der Waals surface area contributed by atoms with E-state index in [0.29, 0.717) is 12.5 Å². The van der Waals surface area contributed by atoms with Crippen LogP contribution in [0.5, 0.6) is 0 Å². The highest BCUT2D eigenvalue weighted by Crippen LogP contribution is 2.23. The van der Waals surface area contributed by atoms with E-state index in [1.807, 2.05) is 14.1 Å². The van der Waals surface area contributed by atoms with Crippen LogP contribution in [0.1, 0.15) is 24.0 Å². The molecule has 1 fully saturated rings. The van der Waals surface area contributed by atoms with Gasteiger partial charge in [0.2, 0.25) is 0 Å². The molecule has 110 valence electrons. The quantitative estimate of drug-likeness (QED) is 0.913. The molecule has 2 rings (SSSR count). The van der Waals surface area contributed by atoms with Crippen molar-refractivity contribution >= 4 is 5.97 Å². The fraction of sp³-hybridized carbons (Fsp3) is 0.562. The van der Waals surface area contributed by atoms with Crippen LogP contribution in [0.4, 0.5) is 0 Å². The second kappa shape index (κ2) is 6.37. The second-order valence-electron chi connectivity index (χ2n) is 5.95. The molecule has 1 aromatic carbocycles. The number of benzene rings is 1. The Morgan fingerprint density at radius 1 is 1.35 bits per heavy atom. The summed E-state index contributed by atoms with van der Waals surface area (Å²) in [4.78, 5) is 15.7. The Labute approximate surface area is 121 Å². The number of hydrogen-bond donors (Lipinski definition) is 1. The fourth-order valence-corrected chi connectivity index (χ4v) is 2.84. The molecule has 20 heavy (non-hydrogen) atoms. The molecule has 4 nitrogen and oxygen atoms in total. The number of carboxylic acids is 1. The Bertz CT molecular complexity index is 456. The van der Waals surface area contributed by atoms with Crippen LogP contribution in [0.15, 0.2) is 24.3 Å². The lowest BCUT2D eigenvalue weighted by Gasteiger charge is -2.39. The summed E-state index contributed by atoms with van der Waals surface area (Å²) in [5.74, 6) is -0.705. The molecular formula is C16H24N2O2. The van der Waals surface area contributed by atoms with Gasteiger partial charge in [0, 0.05) is 19.1 Å². The van der Waals surface area contributed by atoms with E-state index in [2.05, 4.69) is 41.0 Å². The van der Waals surface area contributed by atoms with E-state index in [9.17, 15) is 9.90 Å². The van der Waals surface area contributed by atoms with Crippen LogP contribution in [-0.2, 0) is 11.3 Å². The van der Waals surface area contributed by atoms with Crippen LogP contribution in [-0.4, -0.2) is 53.6 Å². The second-order valence-corrected chi connectivity index (χ2v) is 5.95. The first-order valence-corrected chi connectivity index (χ1v) is 7.16. The maximum atomic E-state index is 11.5. The normalized spacial score (nSPS) is 24.0. The molecule has 1 heterocycles. The number of aliphatic carboxylic acids is 1. The van der Waals surface area contributed by atoms with Gasteiger partial charge in [-0.15, -0.1) is 0 Å². The summed E-state index contributed by atoms with van der Waals surface area (Å²) >= 11 is 0. The lowest BCUT2D eigenvalue weighted by Crippen LogP contribution is -2.51. The summed E-state index contributed by atoms with van der Waals surface area (Å²) in [5, 5.41) is 9.47. The summed E-state index contributed by atoms with van der Waals surface area (Å²) in [7, 11) is 4.05. The van der Waals surface area contributed by atoms with Crippen LogP contribution in [0, 0.1) is 6.92 Å². The molecule has 4 heteroatoms. The molecule has 1 aromatic rings. The highest BCUT2D eigenvalue weighted by atomic mass is 16.4. The van der Waals surface area contributed by atoms with Crippen molar-refractivity contribution in [2.75, 3.05) is 20.6 Å². The van der Waals surface area contributed by atoms with Gasteiger partial charge in [0.05, 0.1) is 0 Å². The van der Waals surface area contributed by atoms with Crippen LogP contribution >= 0.6 is 0 Å². The predicted octanol–water partition coefficient (Wildman–Crippen LogP) is 1.97. The Morgan fingerprint density at radius 2 is 2.00 bits per heavy atom. The first-order chi connectivity index (χ1) is 9.47. The first kappa shape index (κ1) is 15.0. The molecular weight excluding hydrogens is 252 g/mol. The minimum Gasteiger partial charge on any atom is -0.480 e. The highest BCUT2D eigenvalue weighted by molar-refractivity contribution is 5.73. The highest BCUT2D eigenvalue weighted by Gasteiger charge is 2.33. The molecule has 1 saturated heterocycles. The van der Waals surface area contributed by atoms with E-state index < -0.39 is 5.97 Å². The van der Waals surface area contributed by atoms with Gasteiger partial charge in [0.25, 0.3) is 0 Å². The summed E-state index contributed by atoms with van der Waals surface area (Å²) < 4.78 is 0. The zero-order valence-electron chi connectivity index (χ0n) is 12.5. The van der Waals surface area contributed by atoms with E-state index in [1.54, 1.807) is 0 Å². The zero-order valence-corrected chi connectivity index (χ0v) is 12.5. The molecule has 1 aliphatic heterocycles. The molecule has 0 unspecified atom stereocenters. The van der Waals surface area contributed by atoms with Crippen molar-refractivity contribution in [3.8, 4) is 0 Å². The number of likely N-dealkylation sites (tertiary alicyclic amines) is 1. The summed E-state index contributed by atoms with van der Waals surface area (Å²) in [6.45, 7) is 3.62. The van der Waals surface area contributed by atoms with Gasteiger partial charge in [-0.3, -0.25) is 9.69 Å². The molecule has 1 N–H and O–H groups in total. The standard InChI is InChI=1S/C16H24N2O2/c1-12-4-6-13(7-5-12)11-18-9-8-14(17(2)3)10-15(18)16(19)20/h4-7,14-15H,8-11H2,1-3H3,(H,19,20)/t14-,15+/m0/s1. The largest absolute Gasteiger partial charge is 0.480 e. The Balaban J connectivity index is 2.06. The van der Waals surface area contributed by atoms with Crippen molar-refractivity contribution in [2.24, 2.45) is 0 Å². The van der Waals surface area contributed by atoms with E-state index in [1.165, 1.54) is 11.1 Å². The maximum absolute atomic E-state index is 11.5. The Hall–Kier alpha value is -1.39. The summed E-state index contributed by atoms with van der Waals surface area (Å²) in [5.41, 5.74) is 2.42. The molecule has 0 saturated carbocycles. The van der Waals surface area contributed by atoms with E-state index in [-0.39, 0.29) is 6.04 Å². The number of carbonyl (C=O) groups is 1. The van der Waals surface area contributed by atoms with Crippen LogP contribution in [0.2, 0.25) is 0 Å². The third-order valence-corrected chi connectivity index (χ3v) is 4.21. The minimum atomic E-state index is -0.705. The minimum absolute atomic E-state index is 0.366. The van der Waals surface area contributed by atoms with Crippen molar-refractivity contribution in [3.63, 3.8) is 0 Å². The van der Waals surface area contributed by atoms with Crippen molar-refractivity contribution in [1.29, 1.82) is 0 Å². The fourth-order valence-electron chi connectivity index (χ4n) is 2.84. The van der Waals surface area contributed by atoms with Gasteiger partial charge >= 0.3 is 5.97 Å². The lowest BCUT2D eigenvalue weighted by atomic mass is 9.95. The molecule has 2 atom stereocenters. The van der Waals surface area contributed by atoms with E-state index in [0.717, 1.165) is 19.5 Å². The first-order valence-electron chi connectivity index (χ1n) is 7.16. The van der Waals surface area contributed by atoms with Gasteiger partial charge in [-0.1, -0.05) is 29.8 Å².